The van der Waals surface area contributed by atoms with Crippen LogP contribution in [0.5, 0.6) is 5.75 Å². The van der Waals surface area contributed by atoms with Gasteiger partial charge in [0, 0.05) is 11.3 Å². The van der Waals surface area contributed by atoms with Crippen molar-refractivity contribution in [3.63, 3.8) is 0 Å². The molecule has 86 valence electrons. The molecule has 0 radical (unpaired) electrons. The van der Waals surface area contributed by atoms with Gasteiger partial charge in [-0.2, -0.15) is 0 Å². The van der Waals surface area contributed by atoms with Gasteiger partial charge in [0.25, 0.3) is 0 Å². The summed E-state index contributed by atoms with van der Waals surface area (Å²) in [6.07, 6.45) is 0.665. The zero-order valence-electron chi connectivity index (χ0n) is 9.51. The SMILES string of the molecule is COc1ccccc1-c1ccc(NC=O)cc1. The molecule has 0 aliphatic rings. The van der Waals surface area contributed by atoms with Crippen LogP contribution in [0.2, 0.25) is 0 Å². The van der Waals surface area contributed by atoms with Gasteiger partial charge in [0.1, 0.15) is 5.75 Å². The second-order valence-corrected chi connectivity index (χ2v) is 3.54. The number of benzene rings is 2. The number of para-hydroxylation sites is 1. The van der Waals surface area contributed by atoms with Crippen molar-refractivity contribution in [2.24, 2.45) is 0 Å². The number of rotatable bonds is 4. The molecule has 0 bridgehead atoms. The molecule has 0 aliphatic carbocycles. The van der Waals surface area contributed by atoms with Gasteiger partial charge >= 0.3 is 0 Å². The van der Waals surface area contributed by atoms with Crippen LogP contribution in [0.1, 0.15) is 0 Å². The van der Waals surface area contributed by atoms with Gasteiger partial charge in [-0.05, 0) is 23.8 Å². The Morgan fingerprint density at radius 2 is 1.76 bits per heavy atom. The van der Waals surface area contributed by atoms with E-state index in [0.717, 1.165) is 22.6 Å². The van der Waals surface area contributed by atoms with Crippen LogP contribution in [0.15, 0.2) is 48.5 Å². The average Bonchev–Trinajstić information content (AvgIpc) is 2.40. The first kappa shape index (κ1) is 11.2. The number of amides is 1. The van der Waals surface area contributed by atoms with E-state index in [-0.39, 0.29) is 0 Å². The van der Waals surface area contributed by atoms with Crippen molar-refractivity contribution < 1.29 is 9.53 Å². The molecule has 1 amide bonds. The summed E-state index contributed by atoms with van der Waals surface area (Å²) >= 11 is 0. The highest BCUT2D eigenvalue weighted by molar-refractivity contribution is 5.75. The smallest absolute Gasteiger partial charge is 0.211 e. The van der Waals surface area contributed by atoms with E-state index in [1.54, 1.807) is 7.11 Å². The number of hydrogen-bond acceptors (Lipinski definition) is 2. The molecule has 0 heterocycles. The van der Waals surface area contributed by atoms with Crippen molar-refractivity contribution in [1.29, 1.82) is 0 Å². The Morgan fingerprint density at radius 3 is 2.41 bits per heavy atom. The molecule has 2 rings (SSSR count). The molecule has 3 heteroatoms. The first-order valence-electron chi connectivity index (χ1n) is 5.29. The van der Waals surface area contributed by atoms with E-state index in [4.69, 9.17) is 4.74 Å². The van der Waals surface area contributed by atoms with Crippen LogP contribution in [-0.2, 0) is 4.79 Å². The number of carbonyl (C=O) groups excluding carboxylic acids is 1. The number of nitrogens with one attached hydrogen (secondary N) is 1. The molecule has 0 saturated heterocycles. The first-order chi connectivity index (χ1) is 8.35. The van der Waals surface area contributed by atoms with Crippen molar-refractivity contribution in [1.82, 2.24) is 0 Å². The normalized spacial score (nSPS) is 9.71. The van der Waals surface area contributed by atoms with Crippen molar-refractivity contribution >= 4 is 12.1 Å². The number of methoxy groups -OCH3 is 1. The second kappa shape index (κ2) is 5.16. The Hall–Kier alpha value is -2.29. The van der Waals surface area contributed by atoms with Crippen LogP contribution < -0.4 is 10.1 Å². The number of anilines is 1. The summed E-state index contributed by atoms with van der Waals surface area (Å²) in [5.41, 5.74) is 2.87. The number of carbonyl (C=O) groups is 1. The second-order valence-electron chi connectivity index (χ2n) is 3.54. The standard InChI is InChI=1S/C14H13NO2/c1-17-14-5-3-2-4-13(14)11-6-8-12(9-7-11)15-10-16/h2-10H,1H3,(H,15,16). The highest BCUT2D eigenvalue weighted by atomic mass is 16.5. The molecular formula is C14H13NO2. The van der Waals surface area contributed by atoms with Crippen LogP contribution >= 0.6 is 0 Å². The van der Waals surface area contributed by atoms with E-state index in [0.29, 0.717) is 6.41 Å². The summed E-state index contributed by atoms with van der Waals surface area (Å²) in [4.78, 5) is 10.3. The predicted molar refractivity (Wildman–Crippen MR) is 68.1 cm³/mol. The van der Waals surface area contributed by atoms with Crippen molar-refractivity contribution in [2.75, 3.05) is 12.4 Å². The summed E-state index contributed by atoms with van der Waals surface area (Å²) < 4.78 is 5.31. The Kier molecular flexibility index (Phi) is 3.40. The third-order valence-corrected chi connectivity index (χ3v) is 2.53. The van der Waals surface area contributed by atoms with E-state index in [2.05, 4.69) is 5.32 Å². The monoisotopic (exact) mass is 227 g/mol. The van der Waals surface area contributed by atoms with Crippen LogP contribution in [0, 0.1) is 0 Å². The minimum Gasteiger partial charge on any atom is -0.496 e. The van der Waals surface area contributed by atoms with Crippen LogP contribution in [-0.4, -0.2) is 13.5 Å². The highest BCUT2D eigenvalue weighted by Crippen LogP contribution is 2.29. The molecule has 0 aliphatic heterocycles. The first-order valence-corrected chi connectivity index (χ1v) is 5.29. The zero-order valence-corrected chi connectivity index (χ0v) is 9.51. The van der Waals surface area contributed by atoms with Gasteiger partial charge in [-0.25, -0.2) is 0 Å². The Bertz CT molecular complexity index is 506. The molecule has 3 nitrogen and oxygen atoms in total. The highest BCUT2D eigenvalue weighted by Gasteiger charge is 2.03. The van der Waals surface area contributed by atoms with E-state index in [1.807, 2.05) is 48.5 Å². The molecule has 17 heavy (non-hydrogen) atoms. The number of ether oxygens (including phenoxy) is 1. The molecule has 0 spiro atoms. The van der Waals surface area contributed by atoms with Crippen LogP contribution in [0.25, 0.3) is 11.1 Å². The maximum atomic E-state index is 10.3. The largest absolute Gasteiger partial charge is 0.496 e. The van der Waals surface area contributed by atoms with Gasteiger partial charge < -0.3 is 10.1 Å². The van der Waals surface area contributed by atoms with Crippen molar-refractivity contribution in [2.45, 2.75) is 0 Å². The van der Waals surface area contributed by atoms with E-state index in [1.165, 1.54) is 0 Å². The predicted octanol–water partition coefficient (Wildman–Crippen LogP) is 2.93. The minimum atomic E-state index is 0.665. The fourth-order valence-corrected chi connectivity index (χ4v) is 1.70. The van der Waals surface area contributed by atoms with Gasteiger partial charge in [0.15, 0.2) is 0 Å². The Labute approximate surface area is 100 Å². The topological polar surface area (TPSA) is 38.3 Å². The molecule has 0 atom stereocenters. The molecule has 0 unspecified atom stereocenters. The summed E-state index contributed by atoms with van der Waals surface area (Å²) in [6, 6.07) is 15.4. The fourth-order valence-electron chi connectivity index (χ4n) is 1.70. The lowest BCUT2D eigenvalue weighted by Gasteiger charge is -2.08. The molecule has 2 aromatic rings. The third-order valence-electron chi connectivity index (χ3n) is 2.53. The molecule has 0 fully saturated rings. The Balaban J connectivity index is 2.36. The Morgan fingerprint density at radius 1 is 1.06 bits per heavy atom. The average molecular weight is 227 g/mol. The summed E-state index contributed by atoms with van der Waals surface area (Å²) in [7, 11) is 1.65. The zero-order chi connectivity index (χ0) is 12.1. The lowest BCUT2D eigenvalue weighted by molar-refractivity contribution is -0.105. The molecule has 2 aromatic carbocycles. The summed E-state index contributed by atoms with van der Waals surface area (Å²) in [5, 5.41) is 2.60. The fraction of sp³-hybridized carbons (Fsp3) is 0.0714. The van der Waals surface area contributed by atoms with Gasteiger partial charge in [-0.3, -0.25) is 4.79 Å². The lowest BCUT2D eigenvalue weighted by atomic mass is 10.0. The molecule has 1 N–H and O–H groups in total. The van der Waals surface area contributed by atoms with E-state index >= 15 is 0 Å². The van der Waals surface area contributed by atoms with Crippen LogP contribution in [0.4, 0.5) is 5.69 Å². The maximum absolute atomic E-state index is 10.3. The molecular weight excluding hydrogens is 214 g/mol. The lowest BCUT2D eigenvalue weighted by Crippen LogP contribution is -1.93. The van der Waals surface area contributed by atoms with Gasteiger partial charge in [-0.15, -0.1) is 0 Å². The van der Waals surface area contributed by atoms with Crippen molar-refractivity contribution in [3.05, 3.63) is 48.5 Å². The van der Waals surface area contributed by atoms with Crippen LogP contribution in [0.3, 0.4) is 0 Å². The van der Waals surface area contributed by atoms with Gasteiger partial charge in [-0.1, -0.05) is 30.3 Å². The third kappa shape index (κ3) is 2.45. The van der Waals surface area contributed by atoms with Crippen molar-refractivity contribution in [3.8, 4) is 16.9 Å². The quantitative estimate of drug-likeness (QED) is 0.815. The maximum Gasteiger partial charge on any atom is 0.211 e. The summed E-state index contributed by atoms with van der Waals surface area (Å²) in [5.74, 6) is 0.837. The molecule has 0 saturated carbocycles. The van der Waals surface area contributed by atoms with Gasteiger partial charge in [0.2, 0.25) is 6.41 Å². The van der Waals surface area contributed by atoms with Gasteiger partial charge in [0.05, 0.1) is 7.11 Å². The van der Waals surface area contributed by atoms with E-state index in [9.17, 15) is 4.79 Å². The minimum absolute atomic E-state index is 0.665. The summed E-state index contributed by atoms with van der Waals surface area (Å²) in [6.45, 7) is 0. The number of hydrogen-bond donors (Lipinski definition) is 1. The molecule has 0 aromatic heterocycles. The van der Waals surface area contributed by atoms with E-state index < -0.39 is 0 Å².